The highest BCUT2D eigenvalue weighted by Gasteiger charge is 2.31. The minimum atomic E-state index is -3.58. The Morgan fingerprint density at radius 2 is 1.30 bits per heavy atom. The van der Waals surface area contributed by atoms with Gasteiger partial charge in [-0.1, -0.05) is 74.5 Å². The van der Waals surface area contributed by atoms with E-state index < -0.39 is 10.0 Å². The summed E-state index contributed by atoms with van der Waals surface area (Å²) in [5.74, 6) is 0.417. The highest BCUT2D eigenvalue weighted by Crippen LogP contribution is 2.27. The summed E-state index contributed by atoms with van der Waals surface area (Å²) in [7, 11) is -3.58. The first-order valence-corrected chi connectivity index (χ1v) is 12.8. The fourth-order valence-corrected chi connectivity index (χ4v) is 6.27. The number of nitrogens with one attached hydrogen (secondary N) is 1. The predicted molar refractivity (Wildman–Crippen MR) is 130 cm³/mol. The SMILES string of the molecule is CC1CC(C)CN(S(=O)(=O)c2ccc(C(=O)NC(c3ccccc3)c3ccccc3)cc2)C1. The maximum absolute atomic E-state index is 13.1. The minimum Gasteiger partial charge on any atom is -0.341 e. The van der Waals surface area contributed by atoms with Crippen molar-refractivity contribution in [1.82, 2.24) is 9.62 Å². The largest absolute Gasteiger partial charge is 0.341 e. The van der Waals surface area contributed by atoms with Crippen LogP contribution in [0.25, 0.3) is 0 Å². The van der Waals surface area contributed by atoms with Gasteiger partial charge in [0.1, 0.15) is 0 Å². The first-order chi connectivity index (χ1) is 15.8. The van der Waals surface area contributed by atoms with E-state index in [-0.39, 0.29) is 16.8 Å². The van der Waals surface area contributed by atoms with Crippen LogP contribution in [0.5, 0.6) is 0 Å². The zero-order chi connectivity index (χ0) is 23.4. The van der Waals surface area contributed by atoms with Gasteiger partial charge in [-0.25, -0.2) is 8.42 Å². The fourth-order valence-electron chi connectivity index (χ4n) is 4.59. The van der Waals surface area contributed by atoms with Gasteiger partial charge in [-0.2, -0.15) is 4.31 Å². The van der Waals surface area contributed by atoms with Crippen LogP contribution >= 0.6 is 0 Å². The summed E-state index contributed by atoms with van der Waals surface area (Å²) in [4.78, 5) is 13.3. The average Bonchev–Trinajstić information content (AvgIpc) is 2.83. The molecule has 0 aromatic heterocycles. The molecule has 1 aliphatic rings. The molecule has 0 saturated carbocycles. The molecule has 0 radical (unpaired) electrons. The molecule has 3 aromatic carbocycles. The predicted octanol–water partition coefficient (Wildman–Crippen LogP) is 4.87. The lowest BCUT2D eigenvalue weighted by Crippen LogP contribution is -2.42. The zero-order valence-electron chi connectivity index (χ0n) is 19.0. The van der Waals surface area contributed by atoms with Gasteiger partial charge in [0.05, 0.1) is 10.9 Å². The normalized spacial score (nSPS) is 19.4. The van der Waals surface area contributed by atoms with Crippen LogP contribution in [0.4, 0.5) is 0 Å². The topological polar surface area (TPSA) is 66.5 Å². The summed E-state index contributed by atoms with van der Waals surface area (Å²) in [6.45, 7) is 5.23. The van der Waals surface area contributed by atoms with Crippen LogP contribution < -0.4 is 5.32 Å². The molecule has 3 aromatic rings. The number of nitrogens with zero attached hydrogens (tertiary/aromatic N) is 1. The van der Waals surface area contributed by atoms with Gasteiger partial charge < -0.3 is 5.32 Å². The maximum atomic E-state index is 13.1. The van der Waals surface area contributed by atoms with Gasteiger partial charge in [-0.05, 0) is 53.6 Å². The Hall–Kier alpha value is -2.96. The fraction of sp³-hybridized carbons (Fsp3) is 0.296. The van der Waals surface area contributed by atoms with Crippen LogP contribution in [0.3, 0.4) is 0 Å². The van der Waals surface area contributed by atoms with Crippen LogP contribution in [-0.4, -0.2) is 31.7 Å². The van der Waals surface area contributed by atoms with E-state index in [2.05, 4.69) is 19.2 Å². The molecule has 0 bridgehead atoms. The van der Waals surface area contributed by atoms with Crippen molar-refractivity contribution >= 4 is 15.9 Å². The van der Waals surface area contributed by atoms with E-state index in [0.29, 0.717) is 30.5 Å². The molecule has 1 saturated heterocycles. The van der Waals surface area contributed by atoms with Crippen molar-refractivity contribution in [3.8, 4) is 0 Å². The number of piperidine rings is 1. The summed E-state index contributed by atoms with van der Waals surface area (Å²) in [5, 5.41) is 3.10. The number of carbonyl (C=O) groups is 1. The van der Waals surface area contributed by atoms with E-state index in [9.17, 15) is 13.2 Å². The summed E-state index contributed by atoms with van der Waals surface area (Å²) in [6.07, 6.45) is 1.04. The zero-order valence-corrected chi connectivity index (χ0v) is 19.8. The molecule has 0 aliphatic carbocycles. The molecule has 33 heavy (non-hydrogen) atoms. The molecule has 1 fully saturated rings. The van der Waals surface area contributed by atoms with Crippen molar-refractivity contribution in [3.05, 3.63) is 102 Å². The van der Waals surface area contributed by atoms with E-state index in [1.165, 1.54) is 12.1 Å². The van der Waals surface area contributed by atoms with Crippen LogP contribution in [-0.2, 0) is 10.0 Å². The third kappa shape index (κ3) is 5.34. The standard InChI is InChI=1S/C27H30N2O3S/c1-20-17-21(2)19-29(18-20)33(31,32)25-15-13-24(14-16-25)27(30)28-26(22-9-5-3-6-10-22)23-11-7-4-8-12-23/h3-16,20-21,26H,17-19H2,1-2H3,(H,28,30). The van der Waals surface area contributed by atoms with Gasteiger partial charge in [0, 0.05) is 18.7 Å². The number of sulfonamides is 1. The monoisotopic (exact) mass is 462 g/mol. The molecule has 2 unspecified atom stereocenters. The third-order valence-electron chi connectivity index (χ3n) is 6.13. The summed E-state index contributed by atoms with van der Waals surface area (Å²) in [6, 6.07) is 25.5. The number of hydrogen-bond donors (Lipinski definition) is 1. The van der Waals surface area contributed by atoms with Crippen molar-refractivity contribution < 1.29 is 13.2 Å². The van der Waals surface area contributed by atoms with Gasteiger partial charge in [-0.3, -0.25) is 4.79 Å². The van der Waals surface area contributed by atoms with E-state index in [1.807, 2.05) is 60.7 Å². The number of carbonyl (C=O) groups excluding carboxylic acids is 1. The Balaban J connectivity index is 1.54. The van der Waals surface area contributed by atoms with Crippen molar-refractivity contribution in [2.24, 2.45) is 11.8 Å². The number of amides is 1. The number of hydrogen-bond acceptors (Lipinski definition) is 3. The van der Waals surface area contributed by atoms with Crippen LogP contribution in [0.2, 0.25) is 0 Å². The van der Waals surface area contributed by atoms with E-state index >= 15 is 0 Å². The van der Waals surface area contributed by atoms with Crippen molar-refractivity contribution in [2.45, 2.75) is 31.2 Å². The Morgan fingerprint density at radius 3 is 1.79 bits per heavy atom. The van der Waals surface area contributed by atoms with Gasteiger partial charge in [-0.15, -0.1) is 0 Å². The lowest BCUT2D eigenvalue weighted by atomic mass is 9.94. The number of rotatable bonds is 6. The smallest absolute Gasteiger partial charge is 0.252 e. The van der Waals surface area contributed by atoms with Crippen LogP contribution in [0.1, 0.15) is 47.8 Å². The third-order valence-corrected chi connectivity index (χ3v) is 7.98. The second kappa shape index (κ2) is 9.89. The number of benzene rings is 3. The lowest BCUT2D eigenvalue weighted by molar-refractivity contribution is 0.0943. The minimum absolute atomic E-state index is 0.225. The Labute approximate surface area is 196 Å². The Morgan fingerprint density at radius 1 is 0.818 bits per heavy atom. The summed E-state index contributed by atoms with van der Waals surface area (Å²) >= 11 is 0. The molecule has 2 atom stereocenters. The van der Waals surface area contributed by atoms with Gasteiger partial charge in [0.15, 0.2) is 0 Å². The molecule has 172 valence electrons. The second-order valence-electron chi connectivity index (χ2n) is 9.02. The molecule has 1 aliphatic heterocycles. The van der Waals surface area contributed by atoms with Gasteiger partial charge >= 0.3 is 0 Å². The van der Waals surface area contributed by atoms with Gasteiger partial charge in [0.25, 0.3) is 5.91 Å². The Bertz CT molecular complexity index is 1130. The second-order valence-corrected chi connectivity index (χ2v) is 11.0. The highest BCUT2D eigenvalue weighted by atomic mass is 32.2. The average molecular weight is 463 g/mol. The Kier molecular flexibility index (Phi) is 6.96. The van der Waals surface area contributed by atoms with Gasteiger partial charge in [0.2, 0.25) is 10.0 Å². The highest BCUT2D eigenvalue weighted by molar-refractivity contribution is 7.89. The van der Waals surface area contributed by atoms with Crippen LogP contribution in [0, 0.1) is 11.8 Å². The summed E-state index contributed by atoms with van der Waals surface area (Å²) in [5.41, 5.74) is 2.38. The first-order valence-electron chi connectivity index (χ1n) is 11.4. The van der Waals surface area contributed by atoms with Crippen LogP contribution in [0.15, 0.2) is 89.8 Å². The molecule has 1 heterocycles. The van der Waals surface area contributed by atoms with Crippen molar-refractivity contribution in [3.63, 3.8) is 0 Å². The lowest BCUT2D eigenvalue weighted by Gasteiger charge is -2.34. The molecule has 4 rings (SSSR count). The molecular weight excluding hydrogens is 432 g/mol. The quantitative estimate of drug-likeness (QED) is 0.568. The van der Waals surface area contributed by atoms with E-state index in [4.69, 9.17) is 0 Å². The molecule has 1 amide bonds. The van der Waals surface area contributed by atoms with E-state index in [0.717, 1.165) is 17.5 Å². The first kappa shape index (κ1) is 23.2. The maximum Gasteiger partial charge on any atom is 0.252 e. The molecule has 1 N–H and O–H groups in total. The van der Waals surface area contributed by atoms with Crippen molar-refractivity contribution in [1.29, 1.82) is 0 Å². The molecule has 0 spiro atoms. The van der Waals surface area contributed by atoms with Crippen molar-refractivity contribution in [2.75, 3.05) is 13.1 Å². The molecular formula is C27H30N2O3S. The van der Waals surface area contributed by atoms with E-state index in [1.54, 1.807) is 16.4 Å². The molecule has 6 heteroatoms. The molecule has 5 nitrogen and oxygen atoms in total. The summed E-state index contributed by atoms with van der Waals surface area (Å²) < 4.78 is 27.8.